The summed E-state index contributed by atoms with van der Waals surface area (Å²) in [5.74, 6) is 0.203. The van der Waals surface area contributed by atoms with Gasteiger partial charge in [-0.15, -0.1) is 0 Å². The zero-order valence-electron chi connectivity index (χ0n) is 17.0. The number of methoxy groups -OCH3 is 1. The van der Waals surface area contributed by atoms with E-state index in [-0.39, 0.29) is 33.1 Å². The minimum atomic E-state index is -3.83. The number of sulfonamides is 1. The van der Waals surface area contributed by atoms with Crippen molar-refractivity contribution in [1.29, 1.82) is 0 Å². The van der Waals surface area contributed by atoms with Crippen LogP contribution in [0.4, 0.5) is 5.69 Å². The van der Waals surface area contributed by atoms with E-state index >= 15 is 0 Å². The molecule has 2 aromatic carbocycles. The van der Waals surface area contributed by atoms with Gasteiger partial charge in [-0.05, 0) is 48.6 Å². The van der Waals surface area contributed by atoms with Gasteiger partial charge in [-0.2, -0.15) is 4.31 Å². The van der Waals surface area contributed by atoms with Crippen molar-refractivity contribution >= 4 is 44.8 Å². The second-order valence-electron chi connectivity index (χ2n) is 7.69. The first-order valence-electron chi connectivity index (χ1n) is 9.57. The smallest absolute Gasteiger partial charge is 0.255 e. The molecule has 1 aliphatic heterocycles. The highest BCUT2D eigenvalue weighted by Gasteiger charge is 2.34. The third kappa shape index (κ3) is 4.75. The van der Waals surface area contributed by atoms with Crippen molar-refractivity contribution in [1.82, 2.24) is 4.31 Å². The maximum absolute atomic E-state index is 13.4. The van der Waals surface area contributed by atoms with Crippen LogP contribution in [-0.4, -0.2) is 38.8 Å². The van der Waals surface area contributed by atoms with Crippen LogP contribution in [0.3, 0.4) is 0 Å². The summed E-state index contributed by atoms with van der Waals surface area (Å²) in [7, 11) is -2.43. The highest BCUT2D eigenvalue weighted by molar-refractivity contribution is 7.89. The predicted octanol–water partition coefficient (Wildman–Crippen LogP) is 4.92. The number of hydrogen-bond donors (Lipinski definition) is 1. The van der Waals surface area contributed by atoms with Crippen molar-refractivity contribution < 1.29 is 17.9 Å². The molecule has 2 aromatic rings. The summed E-state index contributed by atoms with van der Waals surface area (Å²) in [4.78, 5) is 12.7. The molecule has 0 radical (unpaired) electrons. The fourth-order valence-electron chi connectivity index (χ4n) is 3.76. The van der Waals surface area contributed by atoms with Crippen molar-refractivity contribution in [2.75, 3.05) is 25.5 Å². The maximum Gasteiger partial charge on any atom is 0.255 e. The lowest BCUT2D eigenvalue weighted by Gasteiger charge is -2.34. The number of hydrogen-bond acceptors (Lipinski definition) is 4. The van der Waals surface area contributed by atoms with Gasteiger partial charge in [0.1, 0.15) is 10.6 Å². The molecule has 3 rings (SSSR count). The van der Waals surface area contributed by atoms with Crippen LogP contribution < -0.4 is 10.1 Å². The summed E-state index contributed by atoms with van der Waals surface area (Å²) in [5, 5.41) is 3.19. The number of carbonyl (C=O) groups is 1. The molecule has 1 N–H and O–H groups in total. The number of amides is 1. The molecule has 1 amide bonds. The summed E-state index contributed by atoms with van der Waals surface area (Å²) in [6, 6.07) is 9.21. The van der Waals surface area contributed by atoms with Gasteiger partial charge in [-0.3, -0.25) is 4.79 Å². The van der Waals surface area contributed by atoms with Gasteiger partial charge in [0, 0.05) is 18.7 Å². The molecule has 0 aliphatic carbocycles. The molecular formula is C21H24Cl2N2O4S. The van der Waals surface area contributed by atoms with Gasteiger partial charge >= 0.3 is 0 Å². The van der Waals surface area contributed by atoms with E-state index in [1.165, 1.54) is 29.6 Å². The van der Waals surface area contributed by atoms with Crippen LogP contribution >= 0.6 is 23.2 Å². The molecule has 1 aliphatic rings. The van der Waals surface area contributed by atoms with E-state index in [0.29, 0.717) is 23.8 Å². The van der Waals surface area contributed by atoms with Gasteiger partial charge < -0.3 is 10.1 Å². The second-order valence-corrected chi connectivity index (χ2v) is 10.4. The van der Waals surface area contributed by atoms with E-state index in [1.807, 2.05) is 13.8 Å². The van der Waals surface area contributed by atoms with Gasteiger partial charge in [0.2, 0.25) is 10.0 Å². The minimum Gasteiger partial charge on any atom is -0.495 e. The lowest BCUT2D eigenvalue weighted by molar-refractivity contribution is 0.102. The Balaban J connectivity index is 1.95. The Kier molecular flexibility index (Phi) is 6.97. The fourth-order valence-corrected chi connectivity index (χ4v) is 5.96. The van der Waals surface area contributed by atoms with Crippen molar-refractivity contribution in [2.45, 2.75) is 25.2 Å². The number of anilines is 1. The molecule has 30 heavy (non-hydrogen) atoms. The molecule has 162 valence electrons. The number of carbonyl (C=O) groups excluding carboxylic acids is 1. The van der Waals surface area contributed by atoms with E-state index in [9.17, 15) is 13.2 Å². The van der Waals surface area contributed by atoms with Crippen LogP contribution in [0.5, 0.6) is 5.75 Å². The van der Waals surface area contributed by atoms with Gasteiger partial charge in [0.15, 0.2) is 0 Å². The number of rotatable bonds is 5. The average molecular weight is 471 g/mol. The van der Waals surface area contributed by atoms with Crippen LogP contribution in [-0.2, 0) is 10.0 Å². The Hall–Kier alpha value is -1.80. The Morgan fingerprint density at radius 1 is 1.13 bits per heavy atom. The first-order chi connectivity index (χ1) is 14.1. The number of ether oxygens (including phenoxy) is 1. The molecule has 2 unspecified atom stereocenters. The molecule has 0 saturated carbocycles. The van der Waals surface area contributed by atoms with Crippen molar-refractivity contribution in [3.8, 4) is 5.75 Å². The number of nitrogens with one attached hydrogen (secondary N) is 1. The lowest BCUT2D eigenvalue weighted by atomic mass is 9.94. The quantitative estimate of drug-likeness (QED) is 0.672. The fraction of sp³-hybridized carbons (Fsp3) is 0.381. The highest BCUT2D eigenvalue weighted by atomic mass is 35.5. The van der Waals surface area contributed by atoms with Crippen LogP contribution in [0.1, 0.15) is 30.6 Å². The molecule has 1 saturated heterocycles. The molecule has 0 spiro atoms. The molecule has 0 bridgehead atoms. The molecule has 1 heterocycles. The summed E-state index contributed by atoms with van der Waals surface area (Å²) in [6.07, 6.45) is 0.978. The highest BCUT2D eigenvalue weighted by Crippen LogP contribution is 2.33. The van der Waals surface area contributed by atoms with E-state index in [0.717, 1.165) is 6.42 Å². The Bertz CT molecular complexity index is 1050. The third-order valence-electron chi connectivity index (χ3n) is 5.08. The SMILES string of the molecule is COc1ccc(C(=O)Nc2cccc(Cl)c2Cl)cc1S(=O)(=O)N1CC(C)CC(C)C1. The van der Waals surface area contributed by atoms with E-state index in [1.54, 1.807) is 18.2 Å². The normalized spacial score (nSPS) is 20.0. The zero-order chi connectivity index (χ0) is 22.1. The third-order valence-corrected chi connectivity index (χ3v) is 7.75. The Morgan fingerprint density at radius 3 is 2.43 bits per heavy atom. The van der Waals surface area contributed by atoms with E-state index in [4.69, 9.17) is 27.9 Å². The Labute approximate surface area is 187 Å². The number of piperidine rings is 1. The molecule has 0 aromatic heterocycles. The topological polar surface area (TPSA) is 75.7 Å². The summed E-state index contributed by atoms with van der Waals surface area (Å²) in [6.45, 7) is 4.94. The maximum atomic E-state index is 13.4. The predicted molar refractivity (Wildman–Crippen MR) is 119 cm³/mol. The van der Waals surface area contributed by atoms with E-state index < -0.39 is 15.9 Å². The molecule has 2 atom stereocenters. The summed E-state index contributed by atoms with van der Waals surface area (Å²) >= 11 is 12.1. The van der Waals surface area contributed by atoms with Crippen LogP contribution in [0.15, 0.2) is 41.3 Å². The van der Waals surface area contributed by atoms with Gasteiger partial charge in [0.05, 0.1) is 22.8 Å². The first kappa shape index (κ1) is 22.9. The number of benzene rings is 2. The van der Waals surface area contributed by atoms with Crippen LogP contribution in [0.2, 0.25) is 10.0 Å². The van der Waals surface area contributed by atoms with E-state index in [2.05, 4.69) is 5.32 Å². The first-order valence-corrected chi connectivity index (χ1v) is 11.8. The second kappa shape index (κ2) is 9.14. The molecular weight excluding hydrogens is 447 g/mol. The summed E-state index contributed by atoms with van der Waals surface area (Å²) < 4.78 is 33.5. The monoisotopic (exact) mass is 470 g/mol. The molecule has 1 fully saturated rings. The Morgan fingerprint density at radius 2 is 1.80 bits per heavy atom. The minimum absolute atomic E-state index is 0.0314. The van der Waals surface area contributed by atoms with Crippen LogP contribution in [0, 0.1) is 11.8 Å². The van der Waals surface area contributed by atoms with Crippen molar-refractivity contribution in [2.24, 2.45) is 11.8 Å². The molecule has 9 heteroatoms. The average Bonchev–Trinajstić information content (AvgIpc) is 2.70. The van der Waals surface area contributed by atoms with Gasteiger partial charge in [0.25, 0.3) is 5.91 Å². The number of halogens is 2. The van der Waals surface area contributed by atoms with Gasteiger partial charge in [-0.25, -0.2) is 8.42 Å². The largest absolute Gasteiger partial charge is 0.495 e. The van der Waals surface area contributed by atoms with Crippen LogP contribution in [0.25, 0.3) is 0 Å². The summed E-state index contributed by atoms with van der Waals surface area (Å²) in [5.41, 5.74) is 0.511. The zero-order valence-corrected chi connectivity index (χ0v) is 19.3. The lowest BCUT2D eigenvalue weighted by Crippen LogP contribution is -2.42. The standard InChI is InChI=1S/C21H24Cl2N2O4S/c1-13-9-14(2)12-25(11-13)30(27,28)19-10-15(7-8-18(19)29-3)21(26)24-17-6-4-5-16(22)20(17)23/h4-8,10,13-14H,9,11-12H2,1-3H3,(H,24,26). The van der Waals surface area contributed by atoms with Gasteiger partial charge in [-0.1, -0.05) is 43.1 Å². The van der Waals surface area contributed by atoms with Crippen molar-refractivity contribution in [3.05, 3.63) is 52.0 Å². The van der Waals surface area contributed by atoms with Crippen molar-refractivity contribution in [3.63, 3.8) is 0 Å². The number of nitrogens with zero attached hydrogens (tertiary/aromatic N) is 1. The molecule has 6 nitrogen and oxygen atoms in total.